The van der Waals surface area contributed by atoms with Gasteiger partial charge in [-0.25, -0.2) is 0 Å². The Morgan fingerprint density at radius 1 is 1.04 bits per heavy atom. The zero-order chi connectivity index (χ0) is 17.9. The topological polar surface area (TPSA) is 71.1 Å². The van der Waals surface area contributed by atoms with Crippen LogP contribution >= 0.6 is 0 Å². The monoisotopic (exact) mass is 345 g/mol. The van der Waals surface area contributed by atoms with Crippen LogP contribution in [0.25, 0.3) is 10.8 Å². The number of hydrogen-bond acceptors (Lipinski definition) is 3. The summed E-state index contributed by atoms with van der Waals surface area (Å²) in [5.41, 5.74) is 1.80. The third-order valence-corrected chi connectivity index (χ3v) is 4.70. The van der Waals surface area contributed by atoms with Crippen LogP contribution in [-0.2, 0) is 9.59 Å². The van der Waals surface area contributed by atoms with Gasteiger partial charge in [-0.05, 0) is 40.8 Å². The lowest BCUT2D eigenvalue weighted by atomic mass is 10.0. The molecule has 0 radical (unpaired) electrons. The number of carbonyl (C=O) groups is 2. The van der Waals surface area contributed by atoms with Gasteiger partial charge in [0.05, 0.1) is 18.4 Å². The van der Waals surface area contributed by atoms with E-state index < -0.39 is 0 Å². The lowest BCUT2D eigenvalue weighted by molar-refractivity contribution is -0.125. The Kier molecular flexibility index (Phi) is 4.35. The number of benzene rings is 2. The molecule has 2 amide bonds. The normalized spacial score (nSPS) is 18.3. The molecule has 0 unspecified atom stereocenters. The molecule has 1 heterocycles. The smallest absolute Gasteiger partial charge is 0.243 e. The SMILES string of the molecule is O=C(CNC(=O)[C@@H]1C[C@@H]1c1ccc2ccccc2c1)Nc1cccnc1. The second kappa shape index (κ2) is 6.96. The number of anilines is 1. The van der Waals surface area contributed by atoms with Crippen LogP contribution in [0, 0.1) is 5.92 Å². The molecule has 2 aromatic carbocycles. The molecule has 1 saturated carbocycles. The van der Waals surface area contributed by atoms with E-state index in [-0.39, 0.29) is 30.2 Å². The van der Waals surface area contributed by atoms with Crippen molar-refractivity contribution in [3.63, 3.8) is 0 Å². The van der Waals surface area contributed by atoms with Crippen molar-refractivity contribution in [3.05, 3.63) is 72.6 Å². The van der Waals surface area contributed by atoms with E-state index in [4.69, 9.17) is 0 Å². The first-order valence-corrected chi connectivity index (χ1v) is 8.67. The summed E-state index contributed by atoms with van der Waals surface area (Å²) < 4.78 is 0. The van der Waals surface area contributed by atoms with Crippen LogP contribution in [0.5, 0.6) is 0 Å². The van der Waals surface area contributed by atoms with Gasteiger partial charge < -0.3 is 10.6 Å². The second-order valence-corrected chi connectivity index (χ2v) is 6.56. The fourth-order valence-corrected chi connectivity index (χ4v) is 3.23. The lowest BCUT2D eigenvalue weighted by Crippen LogP contribution is -2.34. The van der Waals surface area contributed by atoms with Crippen LogP contribution in [-0.4, -0.2) is 23.3 Å². The molecule has 0 saturated heterocycles. The minimum absolute atomic E-state index is 0.0331. The van der Waals surface area contributed by atoms with Crippen molar-refractivity contribution in [3.8, 4) is 0 Å². The van der Waals surface area contributed by atoms with Crippen LogP contribution in [0.1, 0.15) is 17.9 Å². The highest BCUT2D eigenvalue weighted by Crippen LogP contribution is 2.48. The molecule has 0 aliphatic heterocycles. The molecule has 0 bridgehead atoms. The first-order valence-electron chi connectivity index (χ1n) is 8.67. The van der Waals surface area contributed by atoms with Crippen LogP contribution in [0.3, 0.4) is 0 Å². The Labute approximate surface area is 151 Å². The molecule has 1 aliphatic rings. The van der Waals surface area contributed by atoms with Gasteiger partial charge in [-0.15, -0.1) is 0 Å². The molecule has 1 aliphatic carbocycles. The molecule has 1 fully saturated rings. The minimum Gasteiger partial charge on any atom is -0.347 e. The minimum atomic E-state index is -0.255. The fraction of sp³-hybridized carbons (Fsp3) is 0.190. The van der Waals surface area contributed by atoms with E-state index in [1.807, 2.05) is 12.1 Å². The lowest BCUT2D eigenvalue weighted by Gasteiger charge is -2.07. The largest absolute Gasteiger partial charge is 0.347 e. The van der Waals surface area contributed by atoms with E-state index in [9.17, 15) is 9.59 Å². The number of nitrogens with one attached hydrogen (secondary N) is 2. The summed E-state index contributed by atoms with van der Waals surface area (Å²) in [6.45, 7) is -0.0331. The van der Waals surface area contributed by atoms with E-state index in [2.05, 4.69) is 45.9 Å². The van der Waals surface area contributed by atoms with Crippen molar-refractivity contribution in [1.29, 1.82) is 0 Å². The molecule has 5 nitrogen and oxygen atoms in total. The molecule has 2 atom stereocenters. The zero-order valence-corrected chi connectivity index (χ0v) is 14.2. The summed E-state index contributed by atoms with van der Waals surface area (Å²) in [7, 11) is 0. The van der Waals surface area contributed by atoms with E-state index in [0.29, 0.717) is 5.69 Å². The highest BCUT2D eigenvalue weighted by atomic mass is 16.2. The maximum atomic E-state index is 12.3. The van der Waals surface area contributed by atoms with Gasteiger partial charge in [-0.1, -0.05) is 42.5 Å². The molecule has 1 aromatic heterocycles. The van der Waals surface area contributed by atoms with Gasteiger partial charge in [0.15, 0.2) is 0 Å². The van der Waals surface area contributed by atoms with E-state index in [1.165, 1.54) is 16.3 Å². The maximum absolute atomic E-state index is 12.3. The van der Waals surface area contributed by atoms with Gasteiger partial charge in [-0.3, -0.25) is 14.6 Å². The number of nitrogens with zero attached hydrogens (tertiary/aromatic N) is 1. The highest BCUT2D eigenvalue weighted by molar-refractivity contribution is 5.95. The first kappa shape index (κ1) is 16.3. The fourth-order valence-electron chi connectivity index (χ4n) is 3.23. The number of rotatable bonds is 5. The summed E-state index contributed by atoms with van der Waals surface area (Å²) in [4.78, 5) is 28.1. The average Bonchev–Trinajstić information content (AvgIpc) is 3.47. The Balaban J connectivity index is 1.31. The summed E-state index contributed by atoms with van der Waals surface area (Å²) >= 11 is 0. The Morgan fingerprint density at radius 2 is 1.88 bits per heavy atom. The summed E-state index contributed by atoms with van der Waals surface area (Å²) in [6.07, 6.45) is 4.03. The number of fused-ring (bicyclic) bond motifs is 1. The van der Waals surface area contributed by atoms with Gasteiger partial charge in [0, 0.05) is 12.1 Å². The molecule has 0 spiro atoms. The Hall–Kier alpha value is -3.21. The van der Waals surface area contributed by atoms with Crippen molar-refractivity contribution < 1.29 is 9.59 Å². The van der Waals surface area contributed by atoms with Crippen molar-refractivity contribution in [2.24, 2.45) is 5.92 Å². The zero-order valence-electron chi connectivity index (χ0n) is 14.2. The van der Waals surface area contributed by atoms with Gasteiger partial charge in [0.2, 0.25) is 11.8 Å². The molecular formula is C21H19N3O2. The van der Waals surface area contributed by atoms with Gasteiger partial charge >= 0.3 is 0 Å². The molecule has 4 rings (SSSR count). The number of amides is 2. The summed E-state index contributed by atoms with van der Waals surface area (Å²) in [5, 5.41) is 7.82. The van der Waals surface area contributed by atoms with Crippen molar-refractivity contribution in [2.45, 2.75) is 12.3 Å². The average molecular weight is 345 g/mol. The first-order chi connectivity index (χ1) is 12.7. The van der Waals surface area contributed by atoms with Crippen LogP contribution in [0.15, 0.2) is 67.0 Å². The molecule has 2 N–H and O–H groups in total. The summed E-state index contributed by atoms with van der Waals surface area (Å²) in [6, 6.07) is 18.0. The standard InChI is InChI=1S/C21H19N3O2/c25-20(24-17-6-3-9-22-12-17)13-23-21(26)19-11-18(19)16-8-7-14-4-1-2-5-15(14)10-16/h1-10,12,18-19H,11,13H2,(H,23,26)(H,24,25)/t18-,19-/m1/s1. The van der Waals surface area contributed by atoms with Gasteiger partial charge in [-0.2, -0.15) is 0 Å². The third-order valence-electron chi connectivity index (χ3n) is 4.70. The Bertz CT molecular complexity index is 956. The van der Waals surface area contributed by atoms with Gasteiger partial charge in [0.25, 0.3) is 0 Å². The highest BCUT2D eigenvalue weighted by Gasteiger charge is 2.43. The predicted molar refractivity (Wildman–Crippen MR) is 101 cm³/mol. The van der Waals surface area contributed by atoms with Crippen molar-refractivity contribution in [1.82, 2.24) is 10.3 Å². The second-order valence-electron chi connectivity index (χ2n) is 6.56. The van der Waals surface area contributed by atoms with Crippen LogP contribution < -0.4 is 10.6 Å². The van der Waals surface area contributed by atoms with Crippen molar-refractivity contribution >= 4 is 28.3 Å². The number of pyridine rings is 1. The summed E-state index contributed by atoms with van der Waals surface area (Å²) in [5.74, 6) is -0.137. The van der Waals surface area contributed by atoms with Crippen LogP contribution in [0.2, 0.25) is 0 Å². The number of hydrogen-bond donors (Lipinski definition) is 2. The van der Waals surface area contributed by atoms with Crippen molar-refractivity contribution in [2.75, 3.05) is 11.9 Å². The molecule has 26 heavy (non-hydrogen) atoms. The van der Waals surface area contributed by atoms with Gasteiger partial charge in [0.1, 0.15) is 0 Å². The maximum Gasteiger partial charge on any atom is 0.243 e. The van der Waals surface area contributed by atoms with Crippen LogP contribution in [0.4, 0.5) is 5.69 Å². The van der Waals surface area contributed by atoms with E-state index in [1.54, 1.807) is 24.5 Å². The Morgan fingerprint density at radius 3 is 2.69 bits per heavy atom. The number of aromatic nitrogens is 1. The van der Waals surface area contributed by atoms with E-state index in [0.717, 1.165) is 6.42 Å². The molecule has 5 heteroatoms. The third kappa shape index (κ3) is 3.57. The quantitative estimate of drug-likeness (QED) is 0.746. The molecule has 3 aromatic rings. The molecule has 130 valence electrons. The number of carbonyl (C=O) groups excluding carboxylic acids is 2. The predicted octanol–water partition coefficient (Wildman–Crippen LogP) is 3.09. The van der Waals surface area contributed by atoms with E-state index >= 15 is 0 Å². The molecular weight excluding hydrogens is 326 g/mol.